The average molecular weight is 807 g/mol. The van der Waals surface area contributed by atoms with Crippen LogP contribution in [0.15, 0.2) is 267 Å². The van der Waals surface area contributed by atoms with Crippen LogP contribution in [0.5, 0.6) is 0 Å². The largest absolute Gasteiger partial charge is 0.311 e. The van der Waals surface area contributed by atoms with Gasteiger partial charge in [0.15, 0.2) is 0 Å². The fourth-order valence-corrected chi connectivity index (χ4v) is 10.1. The minimum Gasteiger partial charge on any atom is -0.311 e. The van der Waals surface area contributed by atoms with E-state index in [0.29, 0.717) is 0 Å². The lowest BCUT2D eigenvalue weighted by molar-refractivity contribution is 0.456. The van der Waals surface area contributed by atoms with Crippen molar-refractivity contribution in [3.63, 3.8) is 0 Å². The zero-order chi connectivity index (χ0) is 42.0. The fraction of sp³-hybridized carbons (Fsp3) is 0.0492. The standard InChI is InChI=1S/C61H46N2/c1-5-17-45(18-6-1)47-29-37-53(38-30-47)62(51-21-9-3-10-22-51)55-41-33-49(34-42-55)61(59-27-15-13-25-57(59)58-26-14-16-28-60(58)61)50-35-43-56(44-36-50)63(52-23-11-4-12-24-52)54-39-31-48(32-40-54)46-19-7-2-8-20-46/h1-35,37-44,50H,36H2. The van der Waals surface area contributed by atoms with Crippen LogP contribution in [0.1, 0.15) is 23.1 Å². The number of benzene rings is 9. The molecule has 11 rings (SSSR count). The molecular formula is C61H46N2. The molecule has 0 saturated carbocycles. The summed E-state index contributed by atoms with van der Waals surface area (Å²) in [5.74, 6) is 0.158. The van der Waals surface area contributed by atoms with Crippen LogP contribution in [0.3, 0.4) is 0 Å². The van der Waals surface area contributed by atoms with Crippen LogP contribution in [0.4, 0.5) is 28.4 Å². The first-order valence-corrected chi connectivity index (χ1v) is 22.0. The van der Waals surface area contributed by atoms with Crippen LogP contribution in [0.2, 0.25) is 0 Å². The van der Waals surface area contributed by atoms with Crippen LogP contribution in [0.25, 0.3) is 33.4 Å². The molecule has 0 fully saturated rings. The van der Waals surface area contributed by atoms with E-state index in [1.54, 1.807) is 0 Å². The molecule has 0 amide bonds. The molecule has 9 aromatic rings. The molecule has 0 aromatic heterocycles. The summed E-state index contributed by atoms with van der Waals surface area (Å²) in [7, 11) is 0. The van der Waals surface area contributed by atoms with Gasteiger partial charge in [-0.15, -0.1) is 0 Å². The first-order chi connectivity index (χ1) is 31.3. The Hall–Kier alpha value is -7.94. The first-order valence-electron chi connectivity index (χ1n) is 22.0. The van der Waals surface area contributed by atoms with E-state index in [1.165, 1.54) is 55.8 Å². The monoisotopic (exact) mass is 806 g/mol. The third-order valence-electron chi connectivity index (χ3n) is 13.0. The van der Waals surface area contributed by atoms with Gasteiger partial charge < -0.3 is 9.80 Å². The van der Waals surface area contributed by atoms with Crippen molar-refractivity contribution in [2.24, 2.45) is 5.92 Å². The van der Waals surface area contributed by atoms with E-state index in [0.717, 1.165) is 34.9 Å². The molecule has 9 aromatic carbocycles. The van der Waals surface area contributed by atoms with Gasteiger partial charge in [0.05, 0.1) is 5.41 Å². The molecular weight excluding hydrogens is 761 g/mol. The van der Waals surface area contributed by atoms with Gasteiger partial charge in [-0.3, -0.25) is 0 Å². The molecule has 1 atom stereocenters. The molecule has 0 N–H and O–H groups in total. The predicted molar refractivity (Wildman–Crippen MR) is 264 cm³/mol. The van der Waals surface area contributed by atoms with Crippen molar-refractivity contribution in [2.45, 2.75) is 11.8 Å². The Morgan fingerprint density at radius 3 is 1.16 bits per heavy atom. The van der Waals surface area contributed by atoms with Crippen LogP contribution < -0.4 is 9.80 Å². The Balaban J connectivity index is 0.991. The Labute approximate surface area is 371 Å². The summed E-state index contributed by atoms with van der Waals surface area (Å²) in [5.41, 5.74) is 17.9. The summed E-state index contributed by atoms with van der Waals surface area (Å²) in [6, 6.07) is 88.1. The van der Waals surface area contributed by atoms with E-state index in [9.17, 15) is 0 Å². The molecule has 0 radical (unpaired) electrons. The Morgan fingerprint density at radius 2 is 0.698 bits per heavy atom. The topological polar surface area (TPSA) is 6.48 Å². The summed E-state index contributed by atoms with van der Waals surface area (Å²) >= 11 is 0. The number of para-hydroxylation sites is 2. The molecule has 0 saturated heterocycles. The third kappa shape index (κ3) is 6.87. The second-order valence-electron chi connectivity index (χ2n) is 16.4. The third-order valence-corrected chi connectivity index (χ3v) is 13.0. The van der Waals surface area contributed by atoms with Gasteiger partial charge in [-0.05, 0) is 129 Å². The summed E-state index contributed by atoms with van der Waals surface area (Å²) in [5, 5.41) is 0. The van der Waals surface area contributed by atoms with Gasteiger partial charge in [-0.25, -0.2) is 0 Å². The van der Waals surface area contributed by atoms with Crippen molar-refractivity contribution in [3.8, 4) is 33.4 Å². The number of hydrogen-bond donors (Lipinski definition) is 0. The molecule has 0 heterocycles. The number of hydrogen-bond acceptors (Lipinski definition) is 2. The van der Waals surface area contributed by atoms with Crippen molar-refractivity contribution in [2.75, 3.05) is 9.80 Å². The Morgan fingerprint density at radius 1 is 0.333 bits per heavy atom. The van der Waals surface area contributed by atoms with Gasteiger partial charge in [-0.1, -0.05) is 194 Å². The van der Waals surface area contributed by atoms with Crippen LogP contribution in [0, 0.1) is 5.92 Å². The van der Waals surface area contributed by atoms with Crippen LogP contribution in [-0.2, 0) is 5.41 Å². The highest BCUT2D eigenvalue weighted by Gasteiger charge is 2.49. The van der Waals surface area contributed by atoms with Crippen molar-refractivity contribution < 1.29 is 0 Å². The second kappa shape index (κ2) is 16.5. The molecule has 2 aliphatic carbocycles. The lowest BCUT2D eigenvalue weighted by Gasteiger charge is -2.41. The average Bonchev–Trinajstić information content (AvgIpc) is 3.67. The van der Waals surface area contributed by atoms with Crippen molar-refractivity contribution in [3.05, 3.63) is 283 Å². The number of rotatable bonds is 10. The zero-order valence-corrected chi connectivity index (χ0v) is 35.0. The number of nitrogens with zero attached hydrogens (tertiary/aromatic N) is 2. The molecule has 0 spiro atoms. The molecule has 2 nitrogen and oxygen atoms in total. The lowest BCUT2D eigenvalue weighted by atomic mass is 9.62. The molecule has 2 heteroatoms. The van der Waals surface area contributed by atoms with E-state index in [2.05, 4.69) is 271 Å². The van der Waals surface area contributed by atoms with Gasteiger partial charge in [-0.2, -0.15) is 0 Å². The van der Waals surface area contributed by atoms with Crippen LogP contribution >= 0.6 is 0 Å². The minimum absolute atomic E-state index is 0.158. The lowest BCUT2D eigenvalue weighted by Crippen LogP contribution is -2.36. The number of allylic oxidation sites excluding steroid dienone is 3. The van der Waals surface area contributed by atoms with E-state index < -0.39 is 5.41 Å². The van der Waals surface area contributed by atoms with Crippen LogP contribution in [-0.4, -0.2) is 0 Å². The van der Waals surface area contributed by atoms with Gasteiger partial charge in [0.2, 0.25) is 0 Å². The molecule has 1 unspecified atom stereocenters. The first kappa shape index (κ1) is 38.0. The van der Waals surface area contributed by atoms with E-state index in [4.69, 9.17) is 0 Å². The number of anilines is 5. The zero-order valence-electron chi connectivity index (χ0n) is 35.0. The minimum atomic E-state index is -0.409. The Bertz CT molecular complexity index is 3000. The summed E-state index contributed by atoms with van der Waals surface area (Å²) in [6.07, 6.45) is 8.17. The summed E-state index contributed by atoms with van der Waals surface area (Å²) in [4.78, 5) is 4.76. The summed E-state index contributed by atoms with van der Waals surface area (Å²) < 4.78 is 0. The SMILES string of the molecule is C1=CC(C2(c3ccc(N(c4ccccc4)c4ccc(-c5ccccc5)cc4)cc3)c3ccccc3-c3ccccc32)CC=C1N(c1ccccc1)c1ccc(-c2ccccc2)cc1. The highest BCUT2D eigenvalue weighted by atomic mass is 15.1. The van der Waals surface area contributed by atoms with Crippen molar-refractivity contribution in [1.29, 1.82) is 0 Å². The maximum atomic E-state index is 2.49. The van der Waals surface area contributed by atoms with Crippen molar-refractivity contribution >= 4 is 28.4 Å². The highest BCUT2D eigenvalue weighted by molar-refractivity contribution is 5.85. The normalized spacial score (nSPS) is 14.6. The van der Waals surface area contributed by atoms with Gasteiger partial charge in [0.1, 0.15) is 0 Å². The van der Waals surface area contributed by atoms with E-state index in [1.807, 2.05) is 0 Å². The molecule has 0 aliphatic heterocycles. The second-order valence-corrected chi connectivity index (χ2v) is 16.4. The molecule has 2 aliphatic rings. The smallest absolute Gasteiger partial charge is 0.0529 e. The van der Waals surface area contributed by atoms with Gasteiger partial charge in [0.25, 0.3) is 0 Å². The maximum absolute atomic E-state index is 2.49. The molecule has 0 bridgehead atoms. The van der Waals surface area contributed by atoms with Crippen molar-refractivity contribution in [1.82, 2.24) is 0 Å². The maximum Gasteiger partial charge on any atom is 0.0529 e. The van der Waals surface area contributed by atoms with E-state index >= 15 is 0 Å². The van der Waals surface area contributed by atoms with E-state index in [-0.39, 0.29) is 5.92 Å². The quantitative estimate of drug-likeness (QED) is 0.136. The highest BCUT2D eigenvalue weighted by Crippen LogP contribution is 2.58. The molecule has 300 valence electrons. The predicted octanol–water partition coefficient (Wildman–Crippen LogP) is 16.1. The fourth-order valence-electron chi connectivity index (χ4n) is 10.1. The number of fused-ring (bicyclic) bond motifs is 3. The summed E-state index contributed by atoms with van der Waals surface area (Å²) in [6.45, 7) is 0. The molecule has 63 heavy (non-hydrogen) atoms. The Kier molecular flexibility index (Phi) is 9.95. The van der Waals surface area contributed by atoms with Gasteiger partial charge in [0, 0.05) is 34.1 Å². The van der Waals surface area contributed by atoms with Gasteiger partial charge >= 0.3 is 0 Å².